The first-order chi connectivity index (χ1) is 11.2. The van der Waals surface area contributed by atoms with Crippen LogP contribution in [0.15, 0.2) is 24.3 Å². The third-order valence-electron chi connectivity index (χ3n) is 3.78. The van der Waals surface area contributed by atoms with E-state index in [1.165, 1.54) is 7.05 Å². The van der Waals surface area contributed by atoms with Gasteiger partial charge in [0.2, 0.25) is 10.0 Å². The number of amides is 2. The fourth-order valence-electron chi connectivity index (χ4n) is 2.40. The monoisotopic (exact) mass is 354 g/mol. The second kappa shape index (κ2) is 7.10. The number of fused-ring (bicyclic) bond motifs is 1. The highest BCUT2D eigenvalue weighted by Gasteiger charge is 2.34. The standard InChI is InChI=1S/C15H18N2O6S/c1-16(9-7-13(18)19)24(22,23)10-4-8-17-14(20)11-5-2-3-6-12(11)15(17)21/h2-3,5-6H,4,7-10H2,1H3,(H,18,19). The molecule has 8 nitrogen and oxygen atoms in total. The van der Waals surface area contributed by atoms with Crippen molar-refractivity contribution in [3.05, 3.63) is 35.4 Å². The van der Waals surface area contributed by atoms with Gasteiger partial charge in [0.25, 0.3) is 11.8 Å². The number of carbonyl (C=O) groups excluding carboxylic acids is 2. The van der Waals surface area contributed by atoms with Crippen LogP contribution in [0.4, 0.5) is 0 Å². The molecule has 130 valence electrons. The summed E-state index contributed by atoms with van der Waals surface area (Å²) in [5.74, 6) is -2.20. The lowest BCUT2D eigenvalue weighted by Crippen LogP contribution is -2.35. The predicted molar refractivity (Wildman–Crippen MR) is 85.1 cm³/mol. The quantitative estimate of drug-likeness (QED) is 0.677. The number of imide groups is 1. The number of benzene rings is 1. The Morgan fingerprint density at radius 3 is 2.21 bits per heavy atom. The molecule has 0 unspecified atom stereocenters. The molecular formula is C15H18N2O6S. The number of sulfonamides is 1. The number of carboxylic acid groups (broad SMARTS) is 1. The van der Waals surface area contributed by atoms with Gasteiger partial charge < -0.3 is 5.11 Å². The minimum Gasteiger partial charge on any atom is -0.481 e. The van der Waals surface area contributed by atoms with Gasteiger partial charge in [0.1, 0.15) is 0 Å². The highest BCUT2D eigenvalue weighted by molar-refractivity contribution is 7.89. The molecule has 0 atom stereocenters. The molecule has 2 amide bonds. The lowest BCUT2D eigenvalue weighted by atomic mass is 10.1. The Bertz CT molecular complexity index is 739. The molecule has 1 aromatic rings. The van der Waals surface area contributed by atoms with Crippen LogP contribution in [-0.4, -0.2) is 66.4 Å². The van der Waals surface area contributed by atoms with Crippen molar-refractivity contribution in [1.29, 1.82) is 0 Å². The maximum Gasteiger partial charge on any atom is 0.304 e. The third-order valence-corrected chi connectivity index (χ3v) is 5.71. The van der Waals surface area contributed by atoms with Crippen LogP contribution in [0.3, 0.4) is 0 Å². The summed E-state index contributed by atoms with van der Waals surface area (Å²) in [6.45, 7) is -0.122. The van der Waals surface area contributed by atoms with Crippen molar-refractivity contribution < 1.29 is 27.9 Å². The summed E-state index contributed by atoms with van der Waals surface area (Å²) in [5.41, 5.74) is 0.646. The Hall–Kier alpha value is -2.26. The average Bonchev–Trinajstić information content (AvgIpc) is 2.77. The lowest BCUT2D eigenvalue weighted by Gasteiger charge is -2.18. The third kappa shape index (κ3) is 3.80. The maximum atomic E-state index is 12.2. The van der Waals surface area contributed by atoms with Gasteiger partial charge in [0.05, 0.1) is 23.3 Å². The molecular weight excluding hydrogens is 336 g/mol. The van der Waals surface area contributed by atoms with Crippen LogP contribution >= 0.6 is 0 Å². The molecule has 0 radical (unpaired) electrons. The van der Waals surface area contributed by atoms with E-state index in [2.05, 4.69) is 0 Å². The topological polar surface area (TPSA) is 112 Å². The van der Waals surface area contributed by atoms with Gasteiger partial charge in [-0.2, -0.15) is 0 Å². The first-order valence-corrected chi connectivity index (χ1v) is 8.96. The van der Waals surface area contributed by atoms with Gasteiger partial charge >= 0.3 is 5.97 Å². The molecule has 0 aromatic heterocycles. The van der Waals surface area contributed by atoms with Crippen LogP contribution < -0.4 is 0 Å². The SMILES string of the molecule is CN(CCC(=O)O)S(=O)(=O)CCCN1C(=O)c2ccccc2C1=O. The van der Waals surface area contributed by atoms with Gasteiger partial charge in [-0.1, -0.05) is 12.1 Å². The van der Waals surface area contributed by atoms with Crippen LogP contribution in [-0.2, 0) is 14.8 Å². The van der Waals surface area contributed by atoms with Gasteiger partial charge in [-0.15, -0.1) is 0 Å². The van der Waals surface area contributed by atoms with Crippen molar-refractivity contribution in [3.8, 4) is 0 Å². The van der Waals surface area contributed by atoms with E-state index >= 15 is 0 Å². The normalized spacial score (nSPS) is 14.3. The Balaban J connectivity index is 1.92. The number of hydrogen-bond acceptors (Lipinski definition) is 5. The summed E-state index contributed by atoms with van der Waals surface area (Å²) < 4.78 is 25.1. The van der Waals surface area contributed by atoms with Gasteiger partial charge in [0.15, 0.2) is 0 Å². The molecule has 0 spiro atoms. The molecule has 9 heteroatoms. The maximum absolute atomic E-state index is 12.2. The zero-order chi connectivity index (χ0) is 17.9. The molecule has 1 heterocycles. The van der Waals surface area contributed by atoms with Gasteiger partial charge in [-0.25, -0.2) is 12.7 Å². The lowest BCUT2D eigenvalue weighted by molar-refractivity contribution is -0.137. The zero-order valence-corrected chi connectivity index (χ0v) is 14.0. The van der Waals surface area contributed by atoms with Crippen LogP contribution in [0.25, 0.3) is 0 Å². The van der Waals surface area contributed by atoms with E-state index < -0.39 is 27.8 Å². The zero-order valence-electron chi connectivity index (χ0n) is 13.1. The Labute approximate surface area is 139 Å². The van der Waals surface area contributed by atoms with Crippen LogP contribution in [0.5, 0.6) is 0 Å². The Morgan fingerprint density at radius 1 is 1.17 bits per heavy atom. The summed E-state index contributed by atoms with van der Waals surface area (Å²) in [7, 11) is -2.32. The molecule has 24 heavy (non-hydrogen) atoms. The van der Waals surface area contributed by atoms with Crippen molar-refractivity contribution in [1.82, 2.24) is 9.21 Å². The van der Waals surface area contributed by atoms with Crippen LogP contribution in [0.1, 0.15) is 33.6 Å². The predicted octanol–water partition coefficient (Wildman–Crippen LogP) is 0.409. The number of rotatable bonds is 8. The summed E-state index contributed by atoms with van der Waals surface area (Å²) in [5, 5.41) is 8.59. The van der Waals surface area contributed by atoms with Gasteiger partial charge in [0, 0.05) is 20.1 Å². The summed E-state index contributed by atoms with van der Waals surface area (Å²) in [6, 6.07) is 6.45. The highest BCUT2D eigenvalue weighted by Crippen LogP contribution is 2.22. The number of hydrogen-bond donors (Lipinski definition) is 1. The Kier molecular flexibility index (Phi) is 5.35. The highest BCUT2D eigenvalue weighted by atomic mass is 32.2. The average molecular weight is 354 g/mol. The van der Waals surface area contributed by atoms with E-state index in [1.807, 2.05) is 0 Å². The second-order valence-corrected chi connectivity index (χ2v) is 7.64. The molecule has 1 aliphatic rings. The van der Waals surface area contributed by atoms with E-state index in [-0.39, 0.29) is 31.7 Å². The molecule has 0 aliphatic carbocycles. The summed E-state index contributed by atoms with van der Waals surface area (Å²) in [6.07, 6.45) is -0.195. The largest absolute Gasteiger partial charge is 0.481 e. The molecule has 0 saturated carbocycles. The minimum atomic E-state index is -3.63. The van der Waals surface area contributed by atoms with Crippen LogP contribution in [0.2, 0.25) is 0 Å². The molecule has 0 bridgehead atoms. The Morgan fingerprint density at radius 2 is 1.71 bits per heavy atom. The molecule has 1 aliphatic heterocycles. The summed E-state index contributed by atoms with van der Waals surface area (Å²) in [4.78, 5) is 35.8. The molecule has 0 saturated heterocycles. The molecule has 1 N–H and O–H groups in total. The minimum absolute atomic E-state index is 0.00164. The van der Waals surface area contributed by atoms with E-state index in [1.54, 1.807) is 24.3 Å². The van der Waals surface area contributed by atoms with Crippen LogP contribution in [0, 0.1) is 0 Å². The number of carboxylic acids is 1. The second-order valence-electron chi connectivity index (χ2n) is 5.44. The molecule has 2 rings (SSSR count). The van der Waals surface area contributed by atoms with E-state index in [0.717, 1.165) is 9.21 Å². The number of aliphatic carboxylic acids is 1. The van der Waals surface area contributed by atoms with Crippen molar-refractivity contribution in [2.75, 3.05) is 25.9 Å². The number of carbonyl (C=O) groups is 3. The van der Waals surface area contributed by atoms with E-state index in [4.69, 9.17) is 5.11 Å². The fraction of sp³-hybridized carbons (Fsp3) is 0.400. The van der Waals surface area contributed by atoms with Gasteiger partial charge in [-0.05, 0) is 18.6 Å². The van der Waals surface area contributed by atoms with Crippen molar-refractivity contribution >= 4 is 27.8 Å². The van der Waals surface area contributed by atoms with Crippen molar-refractivity contribution in [2.24, 2.45) is 0 Å². The van der Waals surface area contributed by atoms with E-state index in [9.17, 15) is 22.8 Å². The first kappa shape index (κ1) is 18.1. The molecule has 1 aromatic carbocycles. The van der Waals surface area contributed by atoms with Crippen molar-refractivity contribution in [2.45, 2.75) is 12.8 Å². The first-order valence-electron chi connectivity index (χ1n) is 7.35. The molecule has 0 fully saturated rings. The smallest absolute Gasteiger partial charge is 0.304 e. The van der Waals surface area contributed by atoms with Crippen molar-refractivity contribution in [3.63, 3.8) is 0 Å². The fourth-order valence-corrected chi connectivity index (χ4v) is 3.57. The van der Waals surface area contributed by atoms with E-state index in [0.29, 0.717) is 11.1 Å². The van der Waals surface area contributed by atoms with Gasteiger partial charge in [-0.3, -0.25) is 19.3 Å². The number of nitrogens with zero attached hydrogens (tertiary/aromatic N) is 2. The summed E-state index contributed by atoms with van der Waals surface area (Å²) >= 11 is 0.